The number of alkyl halides is 1. The molecule has 1 heterocycles. The van der Waals surface area contributed by atoms with Crippen molar-refractivity contribution in [3.63, 3.8) is 0 Å². The van der Waals surface area contributed by atoms with Crippen LogP contribution in [0.1, 0.15) is 54.0 Å². The summed E-state index contributed by atoms with van der Waals surface area (Å²) in [6.45, 7) is 9.59. The summed E-state index contributed by atoms with van der Waals surface area (Å²) < 4.78 is 37.8. The predicted octanol–water partition coefficient (Wildman–Crippen LogP) is 2.35. The van der Waals surface area contributed by atoms with Crippen molar-refractivity contribution in [2.24, 2.45) is 0 Å². The smallest absolute Gasteiger partial charge is 0.408 e. The van der Waals surface area contributed by atoms with Crippen molar-refractivity contribution in [1.82, 2.24) is 5.32 Å². The Morgan fingerprint density at radius 2 is 1.50 bits per heavy atom. The van der Waals surface area contributed by atoms with Gasteiger partial charge >= 0.3 is 30.0 Å². The molecule has 6 atom stereocenters. The van der Waals surface area contributed by atoms with Crippen LogP contribution in [0.15, 0.2) is 18.2 Å². The number of amides is 2. The van der Waals surface area contributed by atoms with Crippen LogP contribution >= 0.6 is 11.6 Å². The van der Waals surface area contributed by atoms with E-state index in [-0.39, 0.29) is 17.3 Å². The largest absolute Gasteiger partial charge is 0.467 e. The third-order valence-electron chi connectivity index (χ3n) is 5.66. The first kappa shape index (κ1) is 36.1. The molecule has 1 aliphatic rings. The van der Waals surface area contributed by atoms with Crippen molar-refractivity contribution in [2.45, 2.75) is 96.7 Å². The lowest BCUT2D eigenvalue weighted by Crippen LogP contribution is -2.64. The minimum atomic E-state index is -1.70. The molecule has 244 valence electrons. The second-order valence-electron chi connectivity index (χ2n) is 10.6. The zero-order chi connectivity index (χ0) is 33.4. The van der Waals surface area contributed by atoms with E-state index in [1.54, 1.807) is 26.8 Å². The number of nitrogens with one attached hydrogen (secondary N) is 2. The summed E-state index contributed by atoms with van der Waals surface area (Å²) in [5.41, 5.74) is -0.205. The molecule has 44 heavy (non-hydrogen) atoms. The van der Waals surface area contributed by atoms with Gasteiger partial charge < -0.3 is 43.8 Å². The Morgan fingerprint density at radius 3 is 2.02 bits per heavy atom. The molecule has 1 unspecified atom stereocenters. The predicted molar refractivity (Wildman–Crippen MR) is 151 cm³/mol. The molecular weight excluding hydrogens is 608 g/mol. The highest BCUT2D eigenvalue weighted by molar-refractivity contribution is 6.17. The SMILES string of the molecule is COC(=O)[C@H]1O[C@@H](Oc2cc(CCl)ccc2NC(=O)C(C)NC(=O)OC(C)(C)C)[C@H](OC(C)=O)[C@@H](OC(C)=O)[C@@H]1OC(C)=O. The van der Waals surface area contributed by atoms with Crippen LogP contribution in [0.5, 0.6) is 5.75 Å². The van der Waals surface area contributed by atoms with Gasteiger partial charge in [0.05, 0.1) is 12.8 Å². The number of esters is 4. The average molecular weight is 645 g/mol. The Bertz CT molecular complexity index is 1250. The van der Waals surface area contributed by atoms with Gasteiger partial charge in [0.25, 0.3) is 0 Å². The van der Waals surface area contributed by atoms with Crippen molar-refractivity contribution < 1.29 is 61.9 Å². The fourth-order valence-electron chi connectivity index (χ4n) is 3.94. The monoisotopic (exact) mass is 644 g/mol. The molecule has 1 fully saturated rings. The fraction of sp³-hybridized carbons (Fsp3) is 0.571. The normalized spacial score (nSPS) is 22.0. The molecule has 0 aromatic heterocycles. The van der Waals surface area contributed by atoms with E-state index in [0.717, 1.165) is 27.9 Å². The second-order valence-corrected chi connectivity index (χ2v) is 10.9. The summed E-state index contributed by atoms with van der Waals surface area (Å²) in [4.78, 5) is 74.0. The van der Waals surface area contributed by atoms with E-state index in [1.807, 2.05) is 0 Å². The lowest BCUT2D eigenvalue weighted by molar-refractivity contribution is -0.282. The van der Waals surface area contributed by atoms with Gasteiger partial charge in [0.1, 0.15) is 17.4 Å². The van der Waals surface area contributed by atoms with Gasteiger partial charge in [-0.3, -0.25) is 19.2 Å². The highest BCUT2D eigenvalue weighted by Crippen LogP contribution is 2.34. The summed E-state index contributed by atoms with van der Waals surface area (Å²) in [6.07, 6.45) is -8.97. The number of halogens is 1. The van der Waals surface area contributed by atoms with Gasteiger partial charge in [-0.15, -0.1) is 11.6 Å². The zero-order valence-electron chi connectivity index (χ0n) is 25.6. The molecule has 0 bridgehead atoms. The molecule has 0 spiro atoms. The van der Waals surface area contributed by atoms with E-state index in [0.29, 0.717) is 5.56 Å². The third-order valence-corrected chi connectivity index (χ3v) is 5.97. The van der Waals surface area contributed by atoms with E-state index in [1.165, 1.54) is 19.1 Å². The number of methoxy groups -OCH3 is 1. The topological polar surface area (TPSA) is 191 Å². The van der Waals surface area contributed by atoms with Crippen LogP contribution < -0.4 is 15.4 Å². The minimum absolute atomic E-state index is 0.0233. The van der Waals surface area contributed by atoms with Crippen molar-refractivity contribution >= 4 is 53.2 Å². The van der Waals surface area contributed by atoms with Crippen molar-refractivity contribution in [3.05, 3.63) is 23.8 Å². The number of alkyl carbamates (subject to hydrolysis) is 1. The highest BCUT2D eigenvalue weighted by atomic mass is 35.5. The lowest BCUT2D eigenvalue weighted by Gasteiger charge is -2.43. The van der Waals surface area contributed by atoms with E-state index in [2.05, 4.69) is 10.6 Å². The van der Waals surface area contributed by atoms with Crippen LogP contribution in [-0.4, -0.2) is 85.3 Å². The molecular formula is C28H37ClN2O13. The average Bonchev–Trinajstić information content (AvgIpc) is 2.90. The first-order chi connectivity index (χ1) is 20.4. The van der Waals surface area contributed by atoms with Crippen molar-refractivity contribution in [2.75, 3.05) is 12.4 Å². The Hall–Kier alpha value is -4.11. The van der Waals surface area contributed by atoms with Crippen LogP contribution in [0.25, 0.3) is 0 Å². The molecule has 1 aliphatic heterocycles. The fourth-order valence-corrected chi connectivity index (χ4v) is 4.11. The molecule has 2 N–H and O–H groups in total. The van der Waals surface area contributed by atoms with Gasteiger partial charge in [0.2, 0.25) is 18.3 Å². The van der Waals surface area contributed by atoms with Crippen LogP contribution in [0.3, 0.4) is 0 Å². The van der Waals surface area contributed by atoms with Crippen LogP contribution in [0.4, 0.5) is 10.5 Å². The maximum atomic E-state index is 13.0. The summed E-state index contributed by atoms with van der Waals surface area (Å²) in [7, 11) is 1.05. The molecule has 2 amide bonds. The van der Waals surface area contributed by atoms with E-state index >= 15 is 0 Å². The number of benzene rings is 1. The van der Waals surface area contributed by atoms with Crippen LogP contribution in [0.2, 0.25) is 0 Å². The number of hydrogen-bond donors (Lipinski definition) is 2. The molecule has 0 radical (unpaired) electrons. The summed E-state index contributed by atoms with van der Waals surface area (Å²) in [6, 6.07) is 3.42. The Morgan fingerprint density at radius 1 is 0.932 bits per heavy atom. The molecule has 0 aliphatic carbocycles. The number of hydrogen-bond acceptors (Lipinski definition) is 13. The molecule has 1 saturated heterocycles. The Balaban J connectivity index is 2.50. The quantitative estimate of drug-likeness (QED) is 0.214. The first-order valence-electron chi connectivity index (χ1n) is 13.4. The van der Waals surface area contributed by atoms with Crippen molar-refractivity contribution in [1.29, 1.82) is 0 Å². The van der Waals surface area contributed by atoms with Gasteiger partial charge in [0, 0.05) is 26.7 Å². The van der Waals surface area contributed by atoms with Gasteiger partial charge in [-0.2, -0.15) is 0 Å². The van der Waals surface area contributed by atoms with Gasteiger partial charge in [-0.05, 0) is 45.4 Å². The van der Waals surface area contributed by atoms with E-state index in [9.17, 15) is 28.8 Å². The highest BCUT2D eigenvalue weighted by Gasteiger charge is 2.56. The number of rotatable bonds is 10. The van der Waals surface area contributed by atoms with Crippen molar-refractivity contribution in [3.8, 4) is 5.75 Å². The summed E-state index contributed by atoms with van der Waals surface area (Å²) >= 11 is 6.02. The third kappa shape index (κ3) is 10.6. The zero-order valence-corrected chi connectivity index (χ0v) is 26.3. The first-order valence-corrected chi connectivity index (χ1v) is 13.9. The van der Waals surface area contributed by atoms with Crippen LogP contribution in [-0.2, 0) is 58.3 Å². The molecule has 2 rings (SSSR count). The molecule has 0 saturated carbocycles. The Kier molecular flexibility index (Phi) is 12.8. The summed E-state index contributed by atoms with van der Waals surface area (Å²) in [5, 5.41) is 5.03. The lowest BCUT2D eigenvalue weighted by atomic mass is 9.97. The number of carbonyl (C=O) groups is 6. The molecule has 1 aromatic carbocycles. The summed E-state index contributed by atoms with van der Waals surface area (Å²) in [5.74, 6) is -4.31. The number of ether oxygens (including phenoxy) is 7. The van der Waals surface area contributed by atoms with Gasteiger partial charge in [0.15, 0.2) is 18.3 Å². The molecule has 15 nitrogen and oxygen atoms in total. The molecule has 1 aromatic rings. The molecule has 16 heteroatoms. The number of carbonyl (C=O) groups excluding carboxylic acids is 6. The van der Waals surface area contributed by atoms with Gasteiger partial charge in [-0.25, -0.2) is 9.59 Å². The minimum Gasteiger partial charge on any atom is -0.467 e. The second kappa shape index (κ2) is 15.6. The standard InChI is InChI=1S/C28H37ClN2O13/c1-13(30-27(37)44-28(5,6)7)24(35)31-18-10-9-17(12-29)11-19(18)42-26-23(41-16(4)34)21(40-15(3)33)20(39-14(2)32)22(43-26)25(36)38-8/h9-11,13,20-23,26H,12H2,1-8H3,(H,30,37)(H,31,35)/t13?,20-,21-,22-,23+,26+/m0/s1. The number of anilines is 1. The maximum Gasteiger partial charge on any atom is 0.408 e. The van der Waals surface area contributed by atoms with E-state index < -0.39 is 78.2 Å². The van der Waals surface area contributed by atoms with E-state index in [4.69, 9.17) is 44.8 Å². The van der Waals surface area contributed by atoms with Gasteiger partial charge in [-0.1, -0.05) is 6.07 Å². The maximum absolute atomic E-state index is 13.0. The Labute approximate surface area is 259 Å². The van der Waals surface area contributed by atoms with Crippen LogP contribution in [0, 0.1) is 0 Å².